The quantitative estimate of drug-likeness (QED) is 0.793. The fourth-order valence-electron chi connectivity index (χ4n) is 2.13. The Morgan fingerprint density at radius 2 is 2.09 bits per heavy atom. The van der Waals surface area contributed by atoms with Gasteiger partial charge in [0.25, 0.3) is 5.56 Å². The molecule has 0 spiro atoms. The molecule has 8 heteroatoms. The Morgan fingerprint density at radius 3 is 2.83 bits per heavy atom. The average molecular weight is 315 g/mol. The molecule has 3 rings (SSSR count). The van der Waals surface area contributed by atoms with E-state index in [9.17, 15) is 14.4 Å². The van der Waals surface area contributed by atoms with Crippen LogP contribution in [0.4, 0.5) is 0 Å². The Labute approximate surface area is 129 Å². The molecule has 1 aliphatic heterocycles. The maximum atomic E-state index is 11.8. The first-order valence-electron chi connectivity index (χ1n) is 6.91. The number of esters is 1. The Kier molecular flexibility index (Phi) is 4.05. The van der Waals surface area contributed by atoms with Crippen LogP contribution in [-0.4, -0.2) is 34.4 Å². The van der Waals surface area contributed by atoms with E-state index in [1.807, 2.05) is 0 Å². The molecule has 0 saturated heterocycles. The lowest BCUT2D eigenvalue weighted by molar-refractivity contribution is 0.00686. The van der Waals surface area contributed by atoms with E-state index in [1.165, 1.54) is 6.20 Å². The van der Waals surface area contributed by atoms with Crippen LogP contribution in [-0.2, 0) is 9.57 Å². The summed E-state index contributed by atoms with van der Waals surface area (Å²) < 4.78 is 5.16. The van der Waals surface area contributed by atoms with Crippen molar-refractivity contribution in [1.29, 1.82) is 0 Å². The number of oxime groups is 1. The summed E-state index contributed by atoms with van der Waals surface area (Å²) in [7, 11) is 0. The van der Waals surface area contributed by atoms with Gasteiger partial charge in [0, 0.05) is 12.6 Å². The molecule has 0 aliphatic carbocycles. The molecular formula is C15H13N3O5. The lowest BCUT2D eigenvalue weighted by Gasteiger charge is -2.09. The van der Waals surface area contributed by atoms with Crippen LogP contribution in [0.25, 0.3) is 0 Å². The predicted molar refractivity (Wildman–Crippen MR) is 80.4 cm³/mol. The highest BCUT2D eigenvalue weighted by Crippen LogP contribution is 2.15. The monoisotopic (exact) mass is 315 g/mol. The van der Waals surface area contributed by atoms with Crippen LogP contribution in [0.1, 0.15) is 22.3 Å². The minimum absolute atomic E-state index is 0.0159. The molecule has 1 aromatic carbocycles. The number of H-pyrrole nitrogens is 2. The summed E-state index contributed by atoms with van der Waals surface area (Å²) in [6.45, 7) is 0.0159. The molecule has 0 radical (unpaired) electrons. The number of aromatic nitrogens is 2. The molecule has 23 heavy (non-hydrogen) atoms. The maximum Gasteiger partial charge on any atom is 0.338 e. The molecule has 2 N–H and O–H groups in total. The standard InChI is InChI=1S/C15H13N3O5/c19-13-11(7-16-15(21)17-13)12-6-10(23-18-12)8-22-14(20)9-4-2-1-3-5-9/h1-5,7,10H,6,8H2,(H2,16,17,19,21). The van der Waals surface area contributed by atoms with E-state index < -0.39 is 23.3 Å². The van der Waals surface area contributed by atoms with Gasteiger partial charge in [0.05, 0.1) is 16.8 Å². The number of hydrogen-bond acceptors (Lipinski definition) is 6. The van der Waals surface area contributed by atoms with Gasteiger partial charge in [-0.3, -0.25) is 9.78 Å². The third-order valence-corrected chi connectivity index (χ3v) is 3.27. The van der Waals surface area contributed by atoms with Gasteiger partial charge in [0.15, 0.2) is 6.10 Å². The lowest BCUT2D eigenvalue weighted by atomic mass is 10.1. The van der Waals surface area contributed by atoms with Crippen molar-refractivity contribution >= 4 is 11.7 Å². The highest BCUT2D eigenvalue weighted by molar-refractivity contribution is 6.00. The van der Waals surface area contributed by atoms with Crippen molar-refractivity contribution in [3.8, 4) is 0 Å². The number of aromatic amines is 2. The number of ether oxygens (including phenoxy) is 1. The van der Waals surface area contributed by atoms with Gasteiger partial charge in [-0.05, 0) is 12.1 Å². The van der Waals surface area contributed by atoms with Crippen molar-refractivity contribution in [2.75, 3.05) is 6.61 Å². The number of rotatable bonds is 4. The van der Waals surface area contributed by atoms with Crippen molar-refractivity contribution in [3.05, 3.63) is 68.5 Å². The molecular weight excluding hydrogens is 302 g/mol. The highest BCUT2D eigenvalue weighted by atomic mass is 16.7. The second-order valence-electron chi connectivity index (χ2n) is 4.92. The fourth-order valence-corrected chi connectivity index (χ4v) is 2.13. The van der Waals surface area contributed by atoms with Crippen molar-refractivity contribution in [1.82, 2.24) is 9.97 Å². The summed E-state index contributed by atoms with van der Waals surface area (Å²) >= 11 is 0. The topological polar surface area (TPSA) is 114 Å². The smallest absolute Gasteiger partial charge is 0.338 e. The van der Waals surface area contributed by atoms with E-state index in [2.05, 4.69) is 15.1 Å². The third kappa shape index (κ3) is 3.37. The van der Waals surface area contributed by atoms with Crippen LogP contribution in [0.2, 0.25) is 0 Å². The molecule has 0 fully saturated rings. The number of hydrogen-bond donors (Lipinski definition) is 2. The Morgan fingerprint density at radius 1 is 1.30 bits per heavy atom. The summed E-state index contributed by atoms with van der Waals surface area (Å²) in [5.74, 6) is -0.454. The lowest BCUT2D eigenvalue weighted by Crippen LogP contribution is -2.27. The predicted octanol–water partition coefficient (Wildman–Crippen LogP) is 0.413. The minimum Gasteiger partial charge on any atom is -0.458 e. The molecule has 2 aromatic rings. The molecule has 0 saturated carbocycles. The maximum absolute atomic E-state index is 11.8. The van der Waals surface area contributed by atoms with Crippen molar-refractivity contribution in [2.45, 2.75) is 12.5 Å². The molecule has 1 aromatic heterocycles. The van der Waals surface area contributed by atoms with Crippen LogP contribution >= 0.6 is 0 Å². The fraction of sp³-hybridized carbons (Fsp3) is 0.200. The molecule has 1 aliphatic rings. The number of carbonyl (C=O) groups excluding carboxylic acids is 1. The summed E-state index contributed by atoms with van der Waals surface area (Å²) in [6, 6.07) is 8.59. The van der Waals surface area contributed by atoms with Gasteiger partial charge in [-0.1, -0.05) is 23.4 Å². The first kappa shape index (κ1) is 14.8. The van der Waals surface area contributed by atoms with Gasteiger partial charge >= 0.3 is 11.7 Å². The molecule has 118 valence electrons. The van der Waals surface area contributed by atoms with Crippen LogP contribution in [0, 0.1) is 0 Å². The van der Waals surface area contributed by atoms with Crippen LogP contribution in [0.3, 0.4) is 0 Å². The second kappa shape index (κ2) is 6.30. The van der Waals surface area contributed by atoms with Gasteiger partial charge in [-0.2, -0.15) is 0 Å². The van der Waals surface area contributed by atoms with Crippen LogP contribution in [0.5, 0.6) is 0 Å². The van der Waals surface area contributed by atoms with Crippen molar-refractivity contribution in [2.24, 2.45) is 5.16 Å². The molecule has 0 bridgehead atoms. The summed E-state index contributed by atoms with van der Waals surface area (Å²) in [5, 5.41) is 3.81. The minimum atomic E-state index is -0.591. The van der Waals surface area contributed by atoms with Gasteiger partial charge in [0.2, 0.25) is 0 Å². The summed E-state index contributed by atoms with van der Waals surface area (Å²) in [6.07, 6.45) is 1.11. The zero-order valence-corrected chi connectivity index (χ0v) is 11.9. The zero-order valence-electron chi connectivity index (χ0n) is 11.9. The molecule has 8 nitrogen and oxygen atoms in total. The summed E-state index contributed by atoms with van der Waals surface area (Å²) in [4.78, 5) is 44.2. The normalized spacial score (nSPS) is 16.5. The highest BCUT2D eigenvalue weighted by Gasteiger charge is 2.25. The number of nitrogens with one attached hydrogen (secondary N) is 2. The van der Waals surface area contributed by atoms with Crippen LogP contribution in [0.15, 0.2) is 51.3 Å². The molecule has 0 amide bonds. The van der Waals surface area contributed by atoms with Gasteiger partial charge in [-0.25, -0.2) is 9.59 Å². The third-order valence-electron chi connectivity index (χ3n) is 3.27. The number of carbonyl (C=O) groups is 1. The summed E-state index contributed by atoms with van der Waals surface area (Å²) in [5.41, 5.74) is -0.0712. The SMILES string of the molecule is O=C(OCC1CC(c2c[nH]c(=O)[nH]c2=O)=NO1)c1ccccc1. The zero-order chi connectivity index (χ0) is 16.2. The Balaban J connectivity index is 1.58. The van der Waals surface area contributed by atoms with E-state index in [-0.39, 0.29) is 12.2 Å². The first-order chi connectivity index (χ1) is 11.1. The van der Waals surface area contributed by atoms with Gasteiger partial charge < -0.3 is 14.6 Å². The van der Waals surface area contributed by atoms with Gasteiger partial charge in [0.1, 0.15) is 6.61 Å². The largest absolute Gasteiger partial charge is 0.458 e. The van der Waals surface area contributed by atoms with E-state index in [4.69, 9.17) is 9.57 Å². The molecule has 2 heterocycles. The average Bonchev–Trinajstić information content (AvgIpc) is 3.02. The first-order valence-corrected chi connectivity index (χ1v) is 6.91. The van der Waals surface area contributed by atoms with Crippen molar-refractivity contribution < 1.29 is 14.4 Å². The van der Waals surface area contributed by atoms with Gasteiger partial charge in [-0.15, -0.1) is 0 Å². The van der Waals surface area contributed by atoms with E-state index in [0.717, 1.165) is 0 Å². The Hall–Kier alpha value is -3.16. The number of nitrogens with zero attached hydrogens (tertiary/aromatic N) is 1. The van der Waals surface area contributed by atoms with Crippen molar-refractivity contribution in [3.63, 3.8) is 0 Å². The van der Waals surface area contributed by atoms with E-state index in [1.54, 1.807) is 30.3 Å². The Bertz CT molecular complexity index is 853. The molecule has 1 unspecified atom stereocenters. The van der Waals surface area contributed by atoms with E-state index in [0.29, 0.717) is 17.7 Å². The van der Waals surface area contributed by atoms with E-state index >= 15 is 0 Å². The number of benzene rings is 1. The second-order valence-corrected chi connectivity index (χ2v) is 4.92. The molecule has 1 atom stereocenters. The van der Waals surface area contributed by atoms with Crippen LogP contribution < -0.4 is 11.2 Å².